The standard InChI is InChI=1S/C15H17NO2/c1-18-13-8-6-12(7-9-13)16-10-11-4-2-3-5-14(11)15(16)17/h2-3,6-9,11,14H,4-5,10H2,1H3/t11-,14-/m0/s1. The second-order valence-corrected chi connectivity index (χ2v) is 4.96. The van der Waals surface area contributed by atoms with E-state index in [1.54, 1.807) is 7.11 Å². The van der Waals surface area contributed by atoms with Crippen molar-refractivity contribution in [3.05, 3.63) is 36.4 Å². The van der Waals surface area contributed by atoms with Gasteiger partial charge >= 0.3 is 0 Å². The highest BCUT2D eigenvalue weighted by Gasteiger charge is 2.40. The molecule has 1 fully saturated rings. The molecule has 0 saturated carbocycles. The van der Waals surface area contributed by atoms with Crippen LogP contribution >= 0.6 is 0 Å². The Hall–Kier alpha value is -1.77. The van der Waals surface area contributed by atoms with E-state index in [1.165, 1.54) is 0 Å². The van der Waals surface area contributed by atoms with Gasteiger partial charge in [-0.2, -0.15) is 0 Å². The van der Waals surface area contributed by atoms with Gasteiger partial charge < -0.3 is 9.64 Å². The minimum absolute atomic E-state index is 0.192. The number of allylic oxidation sites excluding steroid dienone is 2. The van der Waals surface area contributed by atoms with Gasteiger partial charge in [0.15, 0.2) is 0 Å². The van der Waals surface area contributed by atoms with Gasteiger partial charge in [0.1, 0.15) is 5.75 Å². The average molecular weight is 243 g/mol. The van der Waals surface area contributed by atoms with Gasteiger partial charge in [-0.15, -0.1) is 0 Å². The van der Waals surface area contributed by atoms with E-state index in [-0.39, 0.29) is 11.8 Å². The molecule has 1 amide bonds. The number of carbonyl (C=O) groups is 1. The lowest BCUT2D eigenvalue weighted by Crippen LogP contribution is -2.26. The van der Waals surface area contributed by atoms with Gasteiger partial charge in [0.2, 0.25) is 5.91 Å². The van der Waals surface area contributed by atoms with E-state index in [2.05, 4.69) is 12.2 Å². The molecule has 18 heavy (non-hydrogen) atoms. The predicted molar refractivity (Wildman–Crippen MR) is 70.7 cm³/mol. The number of hydrogen-bond donors (Lipinski definition) is 0. The van der Waals surface area contributed by atoms with Gasteiger partial charge in [-0.25, -0.2) is 0 Å². The summed E-state index contributed by atoms with van der Waals surface area (Å²) >= 11 is 0. The van der Waals surface area contributed by atoms with E-state index in [0.717, 1.165) is 30.8 Å². The highest BCUT2D eigenvalue weighted by atomic mass is 16.5. The van der Waals surface area contributed by atoms with E-state index in [9.17, 15) is 4.79 Å². The summed E-state index contributed by atoms with van der Waals surface area (Å²) in [7, 11) is 1.65. The number of rotatable bonds is 2. The van der Waals surface area contributed by atoms with E-state index in [4.69, 9.17) is 4.74 Å². The van der Waals surface area contributed by atoms with Crippen LogP contribution in [0.15, 0.2) is 36.4 Å². The summed E-state index contributed by atoms with van der Waals surface area (Å²) in [6.45, 7) is 0.847. The molecule has 2 atom stereocenters. The molecule has 0 radical (unpaired) electrons. The van der Waals surface area contributed by atoms with Crippen molar-refractivity contribution in [2.24, 2.45) is 11.8 Å². The van der Waals surface area contributed by atoms with Crippen LogP contribution in [-0.4, -0.2) is 19.6 Å². The van der Waals surface area contributed by atoms with Crippen LogP contribution in [0.25, 0.3) is 0 Å². The smallest absolute Gasteiger partial charge is 0.230 e. The zero-order valence-electron chi connectivity index (χ0n) is 10.5. The SMILES string of the molecule is COc1ccc(N2C[C@@H]3CC=CC[C@@H]3C2=O)cc1. The maximum atomic E-state index is 12.4. The highest BCUT2D eigenvalue weighted by molar-refractivity contribution is 5.97. The molecular weight excluding hydrogens is 226 g/mol. The Kier molecular flexibility index (Phi) is 2.82. The van der Waals surface area contributed by atoms with Crippen molar-refractivity contribution < 1.29 is 9.53 Å². The van der Waals surface area contributed by atoms with E-state index in [1.807, 2.05) is 29.2 Å². The fourth-order valence-electron chi connectivity index (χ4n) is 2.89. The van der Waals surface area contributed by atoms with Crippen LogP contribution in [0.4, 0.5) is 5.69 Å². The Balaban J connectivity index is 1.82. The molecule has 1 aliphatic heterocycles. The summed E-state index contributed by atoms with van der Waals surface area (Å²) in [6.07, 6.45) is 6.27. The summed E-state index contributed by atoms with van der Waals surface area (Å²) in [6, 6.07) is 7.73. The number of methoxy groups -OCH3 is 1. The van der Waals surface area contributed by atoms with Crippen LogP contribution in [0, 0.1) is 11.8 Å². The molecule has 3 nitrogen and oxygen atoms in total. The first-order valence-electron chi connectivity index (χ1n) is 6.40. The van der Waals surface area contributed by atoms with Crippen molar-refractivity contribution in [2.45, 2.75) is 12.8 Å². The van der Waals surface area contributed by atoms with Crippen molar-refractivity contribution in [3.8, 4) is 5.75 Å². The average Bonchev–Trinajstić information content (AvgIpc) is 2.77. The second-order valence-electron chi connectivity index (χ2n) is 4.96. The van der Waals surface area contributed by atoms with Crippen LogP contribution < -0.4 is 9.64 Å². The largest absolute Gasteiger partial charge is 0.497 e. The molecule has 3 heteroatoms. The summed E-state index contributed by atoms with van der Waals surface area (Å²) in [5.41, 5.74) is 0.982. The number of fused-ring (bicyclic) bond motifs is 1. The molecule has 2 aliphatic rings. The van der Waals surface area contributed by atoms with Gasteiger partial charge in [-0.3, -0.25) is 4.79 Å². The van der Waals surface area contributed by atoms with Gasteiger partial charge in [0.25, 0.3) is 0 Å². The molecule has 0 bridgehead atoms. The molecule has 1 heterocycles. The van der Waals surface area contributed by atoms with Gasteiger partial charge in [0.05, 0.1) is 7.11 Å². The van der Waals surface area contributed by atoms with E-state index in [0.29, 0.717) is 5.92 Å². The van der Waals surface area contributed by atoms with Crippen molar-refractivity contribution in [3.63, 3.8) is 0 Å². The molecule has 0 unspecified atom stereocenters. The van der Waals surface area contributed by atoms with Crippen LogP contribution in [0.2, 0.25) is 0 Å². The van der Waals surface area contributed by atoms with Crippen LogP contribution in [-0.2, 0) is 4.79 Å². The number of benzene rings is 1. The van der Waals surface area contributed by atoms with Gasteiger partial charge in [0, 0.05) is 18.2 Å². The monoisotopic (exact) mass is 243 g/mol. The number of anilines is 1. The molecule has 1 aromatic rings. The predicted octanol–water partition coefficient (Wildman–Crippen LogP) is 2.62. The molecule has 1 aliphatic carbocycles. The van der Waals surface area contributed by atoms with Crippen molar-refractivity contribution in [2.75, 3.05) is 18.6 Å². The van der Waals surface area contributed by atoms with E-state index < -0.39 is 0 Å². The third-order valence-corrected chi connectivity index (χ3v) is 3.95. The quantitative estimate of drug-likeness (QED) is 0.747. The summed E-state index contributed by atoms with van der Waals surface area (Å²) in [5.74, 6) is 1.78. The number of nitrogens with zero attached hydrogens (tertiary/aromatic N) is 1. The zero-order chi connectivity index (χ0) is 12.5. The topological polar surface area (TPSA) is 29.5 Å². The highest BCUT2D eigenvalue weighted by Crippen LogP contribution is 2.36. The lowest BCUT2D eigenvalue weighted by molar-refractivity contribution is -0.121. The van der Waals surface area contributed by atoms with Crippen molar-refractivity contribution >= 4 is 11.6 Å². The Bertz CT molecular complexity index is 478. The first-order valence-corrected chi connectivity index (χ1v) is 6.40. The van der Waals surface area contributed by atoms with E-state index >= 15 is 0 Å². The van der Waals surface area contributed by atoms with Crippen LogP contribution in [0.1, 0.15) is 12.8 Å². The minimum Gasteiger partial charge on any atom is -0.497 e. The molecule has 1 saturated heterocycles. The van der Waals surface area contributed by atoms with Gasteiger partial charge in [-0.1, -0.05) is 12.2 Å². The lowest BCUT2D eigenvalue weighted by Gasteiger charge is -2.16. The normalized spacial score (nSPS) is 26.3. The number of carbonyl (C=O) groups excluding carboxylic acids is 1. The Morgan fingerprint density at radius 2 is 1.89 bits per heavy atom. The lowest BCUT2D eigenvalue weighted by atomic mass is 9.86. The molecule has 0 N–H and O–H groups in total. The molecular formula is C15H17NO2. The Labute approximate surface area is 107 Å². The van der Waals surface area contributed by atoms with Crippen molar-refractivity contribution in [1.29, 1.82) is 0 Å². The second kappa shape index (κ2) is 4.48. The maximum absolute atomic E-state index is 12.4. The van der Waals surface area contributed by atoms with Crippen LogP contribution in [0.5, 0.6) is 5.75 Å². The van der Waals surface area contributed by atoms with Crippen LogP contribution in [0.3, 0.4) is 0 Å². The number of ether oxygens (including phenoxy) is 1. The third kappa shape index (κ3) is 1.80. The first-order chi connectivity index (χ1) is 8.79. The fraction of sp³-hybridized carbons (Fsp3) is 0.400. The minimum atomic E-state index is 0.192. The Morgan fingerprint density at radius 3 is 2.56 bits per heavy atom. The summed E-state index contributed by atoms with van der Waals surface area (Å²) in [4.78, 5) is 14.3. The number of amides is 1. The van der Waals surface area contributed by atoms with Crippen molar-refractivity contribution in [1.82, 2.24) is 0 Å². The molecule has 3 rings (SSSR count). The molecule has 0 aromatic heterocycles. The molecule has 0 spiro atoms. The summed E-state index contributed by atoms with van der Waals surface area (Å²) < 4.78 is 5.14. The molecule has 1 aromatic carbocycles. The Morgan fingerprint density at radius 1 is 1.17 bits per heavy atom. The zero-order valence-corrected chi connectivity index (χ0v) is 10.5. The fourth-order valence-corrected chi connectivity index (χ4v) is 2.89. The number of hydrogen-bond acceptors (Lipinski definition) is 2. The first kappa shape index (κ1) is 11.3. The van der Waals surface area contributed by atoms with Gasteiger partial charge in [-0.05, 0) is 43.0 Å². The maximum Gasteiger partial charge on any atom is 0.230 e. The summed E-state index contributed by atoms with van der Waals surface area (Å²) in [5, 5.41) is 0. The third-order valence-electron chi connectivity index (χ3n) is 3.95. The molecule has 94 valence electrons.